The van der Waals surface area contributed by atoms with Crippen molar-refractivity contribution in [2.75, 3.05) is 33.3 Å². The van der Waals surface area contributed by atoms with Crippen LogP contribution in [0.25, 0.3) is 0 Å². The lowest BCUT2D eigenvalue weighted by atomic mass is 10.2. The highest BCUT2D eigenvalue weighted by molar-refractivity contribution is 5.94. The van der Waals surface area contributed by atoms with E-state index in [-0.39, 0.29) is 5.91 Å². The van der Waals surface area contributed by atoms with Gasteiger partial charge in [-0.25, -0.2) is 4.98 Å². The summed E-state index contributed by atoms with van der Waals surface area (Å²) < 4.78 is 5.02. The molecule has 2 heterocycles. The van der Waals surface area contributed by atoms with Gasteiger partial charge in [0.05, 0.1) is 12.7 Å². The Labute approximate surface area is 136 Å². The van der Waals surface area contributed by atoms with Gasteiger partial charge in [0.2, 0.25) is 5.88 Å². The highest BCUT2D eigenvalue weighted by Crippen LogP contribution is 2.13. The van der Waals surface area contributed by atoms with Crippen molar-refractivity contribution in [1.29, 1.82) is 0 Å². The second-order valence-electron chi connectivity index (χ2n) is 5.64. The van der Waals surface area contributed by atoms with Gasteiger partial charge in [-0.15, -0.1) is 0 Å². The van der Waals surface area contributed by atoms with Gasteiger partial charge in [0.15, 0.2) is 0 Å². The topological polar surface area (TPSA) is 45.7 Å². The van der Waals surface area contributed by atoms with Crippen LogP contribution in [0, 0.1) is 0 Å². The minimum atomic E-state index is 0.0412. The molecule has 120 valence electrons. The molecule has 23 heavy (non-hydrogen) atoms. The molecule has 0 aliphatic carbocycles. The van der Waals surface area contributed by atoms with Gasteiger partial charge in [-0.05, 0) is 11.6 Å². The summed E-state index contributed by atoms with van der Waals surface area (Å²) in [4.78, 5) is 20.9. The number of pyridine rings is 1. The Bertz CT molecular complexity index is 635. The minimum absolute atomic E-state index is 0.0412. The average molecular weight is 311 g/mol. The first-order chi connectivity index (χ1) is 11.3. The number of benzene rings is 1. The molecular formula is C18H21N3O2. The van der Waals surface area contributed by atoms with Gasteiger partial charge >= 0.3 is 0 Å². The summed E-state index contributed by atoms with van der Waals surface area (Å²) in [6.45, 7) is 4.22. The predicted octanol–water partition coefficient (Wildman–Crippen LogP) is 2.05. The molecular weight excluding hydrogens is 290 g/mol. The molecule has 1 saturated heterocycles. The van der Waals surface area contributed by atoms with Crippen LogP contribution in [0.2, 0.25) is 0 Å². The summed E-state index contributed by atoms with van der Waals surface area (Å²) in [6, 6.07) is 13.9. The van der Waals surface area contributed by atoms with Gasteiger partial charge in [-0.1, -0.05) is 30.3 Å². The molecule has 2 aromatic rings. The number of hydrogen-bond acceptors (Lipinski definition) is 4. The second kappa shape index (κ2) is 7.24. The number of nitrogens with zero attached hydrogens (tertiary/aromatic N) is 3. The summed E-state index contributed by atoms with van der Waals surface area (Å²) in [5, 5.41) is 0. The molecule has 0 spiro atoms. The molecule has 3 rings (SSSR count). The Kier molecular flexibility index (Phi) is 4.88. The number of rotatable bonds is 4. The highest BCUT2D eigenvalue weighted by atomic mass is 16.5. The van der Waals surface area contributed by atoms with Crippen molar-refractivity contribution < 1.29 is 9.53 Å². The largest absolute Gasteiger partial charge is 0.481 e. The van der Waals surface area contributed by atoms with Crippen molar-refractivity contribution in [3.8, 4) is 5.88 Å². The third-order valence-electron chi connectivity index (χ3n) is 4.10. The Morgan fingerprint density at radius 2 is 1.83 bits per heavy atom. The van der Waals surface area contributed by atoms with Crippen molar-refractivity contribution in [3.63, 3.8) is 0 Å². The maximum Gasteiger partial charge on any atom is 0.255 e. The van der Waals surface area contributed by atoms with Crippen molar-refractivity contribution in [3.05, 3.63) is 59.8 Å². The average Bonchev–Trinajstić information content (AvgIpc) is 2.63. The SMILES string of the molecule is COc1ccc(C(=O)N2CCN(Cc3ccccc3)CC2)cn1. The number of methoxy groups -OCH3 is 1. The zero-order valence-corrected chi connectivity index (χ0v) is 13.3. The van der Waals surface area contributed by atoms with E-state index in [2.05, 4.69) is 34.1 Å². The Morgan fingerprint density at radius 1 is 1.09 bits per heavy atom. The van der Waals surface area contributed by atoms with Crippen LogP contribution >= 0.6 is 0 Å². The number of carbonyl (C=O) groups excluding carboxylic acids is 1. The maximum absolute atomic E-state index is 12.5. The predicted molar refractivity (Wildman–Crippen MR) is 88.4 cm³/mol. The Morgan fingerprint density at radius 3 is 2.43 bits per heavy atom. The zero-order chi connectivity index (χ0) is 16.1. The summed E-state index contributed by atoms with van der Waals surface area (Å²) in [6.07, 6.45) is 1.58. The molecule has 1 aliphatic heterocycles. The molecule has 1 aromatic carbocycles. The van der Waals surface area contributed by atoms with E-state index in [9.17, 15) is 4.79 Å². The van der Waals surface area contributed by atoms with Crippen molar-refractivity contribution >= 4 is 5.91 Å². The molecule has 0 N–H and O–H groups in total. The fraction of sp³-hybridized carbons (Fsp3) is 0.333. The third-order valence-corrected chi connectivity index (χ3v) is 4.10. The van der Waals surface area contributed by atoms with Gasteiger partial charge < -0.3 is 9.64 Å². The molecule has 0 saturated carbocycles. The summed E-state index contributed by atoms with van der Waals surface area (Å²) in [5.41, 5.74) is 1.92. The van der Waals surface area contributed by atoms with Crippen molar-refractivity contribution in [2.45, 2.75) is 6.54 Å². The van der Waals surface area contributed by atoms with E-state index in [1.165, 1.54) is 5.56 Å². The van der Waals surface area contributed by atoms with Crippen LogP contribution in [0.5, 0.6) is 5.88 Å². The van der Waals surface area contributed by atoms with E-state index in [0.717, 1.165) is 32.7 Å². The lowest BCUT2D eigenvalue weighted by molar-refractivity contribution is 0.0628. The number of carbonyl (C=O) groups is 1. The first-order valence-electron chi connectivity index (χ1n) is 7.82. The quantitative estimate of drug-likeness (QED) is 0.867. The Balaban J connectivity index is 1.54. The molecule has 5 nitrogen and oxygen atoms in total. The summed E-state index contributed by atoms with van der Waals surface area (Å²) in [7, 11) is 1.57. The first kappa shape index (κ1) is 15.5. The van der Waals surface area contributed by atoms with Crippen molar-refractivity contribution in [1.82, 2.24) is 14.8 Å². The van der Waals surface area contributed by atoms with E-state index >= 15 is 0 Å². The fourth-order valence-corrected chi connectivity index (χ4v) is 2.76. The number of ether oxygens (including phenoxy) is 1. The van der Waals surface area contributed by atoms with Gasteiger partial charge in [0.25, 0.3) is 5.91 Å². The second-order valence-corrected chi connectivity index (χ2v) is 5.64. The molecule has 5 heteroatoms. The molecule has 0 bridgehead atoms. The molecule has 0 atom stereocenters. The van der Waals surface area contributed by atoms with Crippen LogP contribution in [0.4, 0.5) is 0 Å². The van der Waals surface area contributed by atoms with Crippen LogP contribution in [0.15, 0.2) is 48.7 Å². The number of hydrogen-bond donors (Lipinski definition) is 0. The van der Waals surface area contributed by atoms with Crippen LogP contribution in [-0.2, 0) is 6.54 Å². The standard InChI is InChI=1S/C18H21N3O2/c1-23-17-8-7-16(13-19-17)18(22)21-11-9-20(10-12-21)14-15-5-3-2-4-6-15/h2-8,13H,9-12,14H2,1H3. The van der Waals surface area contributed by atoms with E-state index < -0.39 is 0 Å². The van der Waals surface area contributed by atoms with Gasteiger partial charge in [0.1, 0.15) is 0 Å². The molecule has 0 unspecified atom stereocenters. The molecule has 1 fully saturated rings. The van der Waals surface area contributed by atoms with E-state index in [1.807, 2.05) is 11.0 Å². The van der Waals surface area contributed by atoms with Crippen LogP contribution in [-0.4, -0.2) is 54.0 Å². The maximum atomic E-state index is 12.5. The first-order valence-corrected chi connectivity index (χ1v) is 7.82. The number of amides is 1. The van der Waals surface area contributed by atoms with Crippen LogP contribution < -0.4 is 4.74 Å². The molecule has 0 radical (unpaired) electrons. The summed E-state index contributed by atoms with van der Waals surface area (Å²) in [5.74, 6) is 0.564. The van der Waals surface area contributed by atoms with Crippen molar-refractivity contribution in [2.24, 2.45) is 0 Å². The van der Waals surface area contributed by atoms with E-state index in [4.69, 9.17) is 4.74 Å². The normalized spacial score (nSPS) is 15.4. The Hall–Kier alpha value is -2.40. The fourth-order valence-electron chi connectivity index (χ4n) is 2.76. The molecule has 1 aromatic heterocycles. The zero-order valence-electron chi connectivity index (χ0n) is 13.3. The van der Waals surface area contributed by atoms with E-state index in [1.54, 1.807) is 25.4 Å². The highest BCUT2D eigenvalue weighted by Gasteiger charge is 2.22. The van der Waals surface area contributed by atoms with Gasteiger partial charge in [-0.3, -0.25) is 9.69 Å². The van der Waals surface area contributed by atoms with Gasteiger partial charge in [0, 0.05) is 45.0 Å². The summed E-state index contributed by atoms with van der Waals surface area (Å²) >= 11 is 0. The minimum Gasteiger partial charge on any atom is -0.481 e. The van der Waals surface area contributed by atoms with Gasteiger partial charge in [-0.2, -0.15) is 0 Å². The number of aromatic nitrogens is 1. The monoisotopic (exact) mass is 311 g/mol. The lowest BCUT2D eigenvalue weighted by Crippen LogP contribution is -2.48. The third kappa shape index (κ3) is 3.87. The van der Waals surface area contributed by atoms with E-state index in [0.29, 0.717) is 11.4 Å². The smallest absolute Gasteiger partial charge is 0.255 e. The lowest BCUT2D eigenvalue weighted by Gasteiger charge is -2.34. The van der Waals surface area contributed by atoms with Crippen LogP contribution in [0.3, 0.4) is 0 Å². The molecule has 1 aliphatic rings. The molecule has 1 amide bonds. The van der Waals surface area contributed by atoms with Crippen LogP contribution in [0.1, 0.15) is 15.9 Å². The number of piperazine rings is 1.